The molecule has 2 aromatic carbocycles. The zero-order valence-electron chi connectivity index (χ0n) is 24.1. The van der Waals surface area contributed by atoms with Crippen LogP contribution >= 0.6 is 0 Å². The molecule has 10 heteroatoms. The molecule has 1 saturated heterocycles. The van der Waals surface area contributed by atoms with Gasteiger partial charge in [-0.15, -0.1) is 5.10 Å². The van der Waals surface area contributed by atoms with Gasteiger partial charge < -0.3 is 10.2 Å². The van der Waals surface area contributed by atoms with E-state index < -0.39 is 50.6 Å². The summed E-state index contributed by atoms with van der Waals surface area (Å²) in [7, 11) is 0. The molecule has 1 aliphatic heterocycles. The van der Waals surface area contributed by atoms with Gasteiger partial charge in [0.15, 0.2) is 0 Å². The Morgan fingerprint density at radius 1 is 1.03 bits per heavy atom. The van der Waals surface area contributed by atoms with E-state index in [1.54, 1.807) is 6.92 Å². The quantitative estimate of drug-likeness (QED) is 0.577. The lowest BCUT2D eigenvalue weighted by Gasteiger charge is -2.36. The van der Waals surface area contributed by atoms with E-state index in [1.807, 2.05) is 0 Å². The van der Waals surface area contributed by atoms with Crippen LogP contribution in [0.5, 0.6) is 0 Å². The van der Waals surface area contributed by atoms with Crippen LogP contribution < -0.4 is 10.2 Å². The number of aromatic nitrogens is 3. The van der Waals surface area contributed by atoms with Crippen LogP contribution in [-0.4, -0.2) is 58.6 Å². The summed E-state index contributed by atoms with van der Waals surface area (Å²) in [6.45, 7) is -13.4. The standard InChI is InChI=1S/C21H22F4N6.H2/c1-14-6-17(11-18(7-14)30-4-2-29(3-5-30)12-20(24)25)27-21-26-13-31(28-21)19-9-15(22)8-16(23)10-19;/h6-11,13,20H,2-5,12H2,1H3,(H,27,28);1H/i2D2,3D2,4D2,5D2;. The van der Waals surface area contributed by atoms with E-state index in [1.165, 1.54) is 18.2 Å². The lowest BCUT2D eigenvalue weighted by Crippen LogP contribution is -2.47. The van der Waals surface area contributed by atoms with Crippen molar-refractivity contribution in [2.24, 2.45) is 0 Å². The Balaban J connectivity index is 0.00000441. The molecule has 3 aromatic rings. The lowest BCUT2D eigenvalue weighted by atomic mass is 10.1. The molecule has 2 heterocycles. The first-order valence-corrected chi connectivity index (χ1v) is 9.01. The molecule has 31 heavy (non-hydrogen) atoms. The van der Waals surface area contributed by atoms with E-state index in [9.17, 15) is 17.6 Å². The third-order valence-corrected chi connectivity index (χ3v) is 4.09. The van der Waals surface area contributed by atoms with Crippen molar-refractivity contribution in [2.75, 3.05) is 42.7 Å². The molecule has 1 fully saturated rings. The van der Waals surface area contributed by atoms with E-state index in [0.29, 0.717) is 11.6 Å². The third-order valence-electron chi connectivity index (χ3n) is 4.09. The number of nitrogens with one attached hydrogen (secondary N) is 1. The van der Waals surface area contributed by atoms with E-state index in [0.717, 1.165) is 23.1 Å². The largest absolute Gasteiger partial charge is 0.369 e. The maximum atomic E-state index is 13.6. The van der Waals surface area contributed by atoms with Gasteiger partial charge in [-0.2, -0.15) is 4.98 Å². The van der Waals surface area contributed by atoms with Crippen LogP contribution in [0, 0.1) is 18.6 Å². The summed E-state index contributed by atoms with van der Waals surface area (Å²) in [5, 5.41) is 6.85. The predicted molar refractivity (Wildman–Crippen MR) is 113 cm³/mol. The topological polar surface area (TPSA) is 49.2 Å². The van der Waals surface area contributed by atoms with Gasteiger partial charge >= 0.3 is 0 Å². The molecule has 1 aromatic heterocycles. The fourth-order valence-electron chi connectivity index (χ4n) is 2.84. The van der Waals surface area contributed by atoms with Crippen LogP contribution in [0.1, 0.15) is 18.0 Å². The molecule has 1 N–H and O–H groups in total. The maximum Gasteiger partial charge on any atom is 0.251 e. The zero-order chi connectivity index (χ0) is 29.1. The van der Waals surface area contributed by atoms with Crippen LogP contribution in [-0.2, 0) is 0 Å². The summed E-state index contributed by atoms with van der Waals surface area (Å²) in [5.41, 5.74) is 0.286. The smallest absolute Gasteiger partial charge is 0.251 e. The average molecular weight is 445 g/mol. The molecule has 166 valence electrons. The number of benzene rings is 2. The zero-order valence-corrected chi connectivity index (χ0v) is 16.1. The Kier molecular flexibility index (Phi) is 3.83. The van der Waals surface area contributed by atoms with Crippen molar-refractivity contribution in [3.05, 3.63) is 59.9 Å². The molecule has 0 unspecified atom stereocenters. The fraction of sp³-hybridized carbons (Fsp3) is 0.333. The highest BCUT2D eigenvalue weighted by Gasteiger charge is 2.20. The summed E-state index contributed by atoms with van der Waals surface area (Å²) in [5.74, 6) is -1.75. The van der Waals surface area contributed by atoms with Crippen molar-refractivity contribution < 1.29 is 30.0 Å². The minimum atomic E-state index is -3.39. The molecule has 0 amide bonds. The molecule has 0 atom stereocenters. The Labute approximate surface area is 189 Å². The summed E-state index contributed by atoms with van der Waals surface area (Å²) in [6.07, 6.45) is -2.10. The number of nitrogens with zero attached hydrogens (tertiary/aromatic N) is 5. The number of piperazine rings is 1. The summed E-state index contributed by atoms with van der Waals surface area (Å²) in [4.78, 5) is 4.11. The molecular formula is C21H24F4N6. The molecule has 0 aliphatic carbocycles. The molecule has 6 nitrogen and oxygen atoms in total. The first-order chi connectivity index (χ1) is 17.9. The lowest BCUT2D eigenvalue weighted by molar-refractivity contribution is 0.0854. The summed E-state index contributed by atoms with van der Waals surface area (Å²) < 4.78 is 121. The van der Waals surface area contributed by atoms with Crippen molar-refractivity contribution in [1.82, 2.24) is 19.7 Å². The monoisotopic (exact) mass is 444 g/mol. The van der Waals surface area contributed by atoms with Crippen LogP contribution in [0.15, 0.2) is 42.7 Å². The van der Waals surface area contributed by atoms with Crippen LogP contribution in [0.4, 0.5) is 34.9 Å². The molecule has 0 radical (unpaired) electrons. The van der Waals surface area contributed by atoms with Gasteiger partial charge in [0, 0.05) is 50.3 Å². The normalized spacial score (nSPS) is 25.3. The molecule has 4 rings (SSSR count). The second kappa shape index (κ2) is 8.93. The first-order valence-electron chi connectivity index (χ1n) is 13.0. The highest BCUT2D eigenvalue weighted by molar-refractivity contribution is 5.64. The minimum Gasteiger partial charge on any atom is -0.369 e. The van der Waals surface area contributed by atoms with Crippen molar-refractivity contribution in [3.63, 3.8) is 0 Å². The highest BCUT2D eigenvalue weighted by Crippen LogP contribution is 2.25. The minimum absolute atomic E-state index is 0. The number of alkyl halides is 2. The van der Waals surface area contributed by atoms with E-state index in [-0.39, 0.29) is 34.2 Å². The van der Waals surface area contributed by atoms with Crippen LogP contribution in [0.2, 0.25) is 0 Å². The first kappa shape index (κ1) is 13.3. The Morgan fingerprint density at radius 2 is 1.74 bits per heavy atom. The second-order valence-electron chi connectivity index (χ2n) is 6.61. The number of hydrogen-bond acceptors (Lipinski definition) is 5. The van der Waals surface area contributed by atoms with Crippen LogP contribution in [0.3, 0.4) is 0 Å². The van der Waals surface area contributed by atoms with Crippen molar-refractivity contribution >= 4 is 17.3 Å². The van der Waals surface area contributed by atoms with Gasteiger partial charge in [-0.3, -0.25) is 4.90 Å². The van der Waals surface area contributed by atoms with Gasteiger partial charge in [-0.25, -0.2) is 22.2 Å². The van der Waals surface area contributed by atoms with Crippen LogP contribution in [0.25, 0.3) is 5.69 Å². The fourth-order valence-corrected chi connectivity index (χ4v) is 2.84. The number of anilines is 3. The second-order valence-corrected chi connectivity index (χ2v) is 6.61. The number of halogens is 4. The predicted octanol–water partition coefficient (Wildman–Crippen LogP) is 4.23. The van der Waals surface area contributed by atoms with Gasteiger partial charge in [-0.1, -0.05) is 0 Å². The van der Waals surface area contributed by atoms with E-state index in [4.69, 9.17) is 11.0 Å². The van der Waals surface area contributed by atoms with Crippen molar-refractivity contribution in [3.8, 4) is 5.69 Å². The third kappa shape index (κ3) is 5.32. The maximum absolute atomic E-state index is 13.6. The SMILES string of the molecule is [2H]C1([2H])N(CC(F)F)C([2H])([2H])C([2H])([2H])N(c2cc(C)cc(Nc3ncn(-c4cc(F)cc(F)c4)n3)c2)C1([2H])[2H].[HH]. The molecule has 0 saturated carbocycles. The highest BCUT2D eigenvalue weighted by atomic mass is 19.3. The van der Waals surface area contributed by atoms with Gasteiger partial charge in [0.25, 0.3) is 6.43 Å². The van der Waals surface area contributed by atoms with Gasteiger partial charge in [-0.05, 0) is 42.8 Å². The Hall–Kier alpha value is -3.14. The van der Waals surface area contributed by atoms with Gasteiger partial charge in [0.1, 0.15) is 18.0 Å². The van der Waals surface area contributed by atoms with E-state index in [2.05, 4.69) is 15.4 Å². The van der Waals surface area contributed by atoms with Crippen molar-refractivity contribution in [1.29, 1.82) is 0 Å². The Morgan fingerprint density at radius 3 is 2.42 bits per heavy atom. The summed E-state index contributed by atoms with van der Waals surface area (Å²) >= 11 is 0. The number of hydrogen-bond donors (Lipinski definition) is 1. The molecule has 0 bridgehead atoms. The summed E-state index contributed by atoms with van der Waals surface area (Å²) in [6, 6.07) is 6.70. The van der Waals surface area contributed by atoms with Gasteiger partial charge in [0.05, 0.1) is 17.7 Å². The van der Waals surface area contributed by atoms with Gasteiger partial charge in [0.2, 0.25) is 5.95 Å². The average Bonchev–Trinajstić information content (AvgIpc) is 3.23. The number of rotatable bonds is 6. The molecule has 0 spiro atoms. The van der Waals surface area contributed by atoms with Crippen molar-refractivity contribution in [2.45, 2.75) is 13.3 Å². The Bertz CT molecular complexity index is 1340. The van der Waals surface area contributed by atoms with E-state index >= 15 is 0 Å². The molecular weight excluding hydrogens is 412 g/mol. The number of aryl methyl sites for hydroxylation is 1. The molecule has 1 aliphatic rings.